The number of hydrogen-bond acceptors (Lipinski definition) is 7. The molecule has 0 spiro atoms. The quantitative estimate of drug-likeness (QED) is 0.221. The Kier molecular flexibility index (Phi) is 9.79. The Morgan fingerprint density at radius 1 is 1.22 bits per heavy atom. The molecule has 1 aliphatic carbocycles. The van der Waals surface area contributed by atoms with Crippen LogP contribution in [0.15, 0.2) is 36.4 Å². The number of carbonyl (C=O) groups is 1. The first-order valence-electron chi connectivity index (χ1n) is 12.3. The summed E-state index contributed by atoms with van der Waals surface area (Å²) in [6.07, 6.45) is -1.87. The molecule has 2 unspecified atom stereocenters. The molecule has 7 nitrogen and oxygen atoms in total. The maximum Gasteiger partial charge on any atom is 0.416 e. The Morgan fingerprint density at radius 2 is 1.97 bits per heavy atom. The highest BCUT2D eigenvalue weighted by atomic mass is 19.4. The van der Waals surface area contributed by atoms with Crippen molar-refractivity contribution in [2.45, 2.75) is 88.8 Å². The smallest absolute Gasteiger partial charge is 0.416 e. The molecule has 1 aromatic rings. The van der Waals surface area contributed by atoms with Crippen LogP contribution in [0.1, 0.15) is 51.5 Å². The Labute approximate surface area is 208 Å². The fraction of sp³-hybridized carbons (Fsp3) is 0.654. The number of epoxide rings is 1. The van der Waals surface area contributed by atoms with Gasteiger partial charge in [0.05, 0.1) is 36.1 Å². The van der Waals surface area contributed by atoms with Crippen LogP contribution in [0.25, 0.3) is 0 Å². The molecule has 7 atom stereocenters. The lowest BCUT2D eigenvalue weighted by atomic mass is 9.88. The minimum absolute atomic E-state index is 0.00197. The molecule has 36 heavy (non-hydrogen) atoms. The van der Waals surface area contributed by atoms with Gasteiger partial charge in [-0.05, 0) is 57.2 Å². The van der Waals surface area contributed by atoms with Crippen molar-refractivity contribution in [3.8, 4) is 5.75 Å². The molecule has 1 aromatic carbocycles. The molecular weight excluding hydrogens is 481 g/mol. The number of halogens is 3. The van der Waals surface area contributed by atoms with Crippen molar-refractivity contribution < 1.29 is 47.5 Å². The fourth-order valence-corrected chi connectivity index (χ4v) is 4.64. The van der Waals surface area contributed by atoms with Gasteiger partial charge in [0.25, 0.3) is 0 Å². The summed E-state index contributed by atoms with van der Waals surface area (Å²) in [6.45, 7) is 3.33. The van der Waals surface area contributed by atoms with E-state index in [9.17, 15) is 33.3 Å². The second kappa shape index (κ2) is 12.4. The number of benzene rings is 1. The van der Waals surface area contributed by atoms with Crippen LogP contribution >= 0.6 is 0 Å². The number of carbonyl (C=O) groups excluding carboxylic acids is 1. The molecule has 0 amide bonds. The Hall–Kier alpha value is -2.14. The molecule has 2 aliphatic rings. The van der Waals surface area contributed by atoms with Crippen LogP contribution in [0.2, 0.25) is 0 Å². The first kappa shape index (κ1) is 28.4. The largest absolute Gasteiger partial charge is 0.491 e. The number of hydrogen-bond donors (Lipinski definition) is 3. The molecule has 0 aromatic heterocycles. The minimum atomic E-state index is -4.49. The van der Waals surface area contributed by atoms with Crippen molar-refractivity contribution >= 4 is 5.97 Å². The molecule has 3 N–H and O–H groups in total. The number of rotatable bonds is 12. The van der Waals surface area contributed by atoms with Crippen LogP contribution in [0.5, 0.6) is 5.75 Å². The topological polar surface area (TPSA) is 109 Å². The summed E-state index contributed by atoms with van der Waals surface area (Å²) < 4.78 is 54.6. The van der Waals surface area contributed by atoms with Gasteiger partial charge in [0.2, 0.25) is 0 Å². The fourth-order valence-electron chi connectivity index (χ4n) is 4.64. The first-order chi connectivity index (χ1) is 16.9. The Morgan fingerprint density at radius 3 is 2.67 bits per heavy atom. The molecule has 0 radical (unpaired) electrons. The SMILES string of the molecule is CC(C)OC(=O)CCCC1OC1C[C@@H]1[C@@H](/C=C/[C@H](O)COc2cccc(C(F)(F)F)c2)[C@H](O)C[C@@H]1O. The van der Waals surface area contributed by atoms with Gasteiger partial charge in [-0.2, -0.15) is 13.2 Å². The third-order valence-corrected chi connectivity index (χ3v) is 6.48. The maximum atomic E-state index is 12.8. The van der Waals surface area contributed by atoms with E-state index in [0.29, 0.717) is 25.7 Å². The summed E-state index contributed by atoms with van der Waals surface area (Å²) in [7, 11) is 0. The van der Waals surface area contributed by atoms with Gasteiger partial charge in [-0.15, -0.1) is 0 Å². The van der Waals surface area contributed by atoms with Gasteiger partial charge in [-0.3, -0.25) is 4.79 Å². The lowest BCUT2D eigenvalue weighted by molar-refractivity contribution is -0.147. The van der Waals surface area contributed by atoms with E-state index in [4.69, 9.17) is 14.2 Å². The summed E-state index contributed by atoms with van der Waals surface area (Å²) in [4.78, 5) is 11.6. The van der Waals surface area contributed by atoms with Crippen LogP contribution < -0.4 is 4.74 Å². The van der Waals surface area contributed by atoms with Gasteiger partial charge < -0.3 is 29.5 Å². The molecule has 1 saturated carbocycles. The van der Waals surface area contributed by atoms with Crippen LogP contribution in [0.4, 0.5) is 13.2 Å². The summed E-state index contributed by atoms with van der Waals surface area (Å²) >= 11 is 0. The highest BCUT2D eigenvalue weighted by Crippen LogP contribution is 2.42. The van der Waals surface area contributed by atoms with Crippen LogP contribution in [-0.2, 0) is 20.4 Å². The van der Waals surface area contributed by atoms with E-state index in [0.717, 1.165) is 12.1 Å². The number of aliphatic hydroxyl groups is 3. The number of ether oxygens (including phenoxy) is 3. The van der Waals surface area contributed by atoms with E-state index >= 15 is 0 Å². The van der Waals surface area contributed by atoms with Gasteiger partial charge in [-0.25, -0.2) is 0 Å². The highest BCUT2D eigenvalue weighted by molar-refractivity contribution is 5.69. The third-order valence-electron chi connectivity index (χ3n) is 6.48. The van der Waals surface area contributed by atoms with E-state index in [1.165, 1.54) is 18.2 Å². The minimum Gasteiger partial charge on any atom is -0.491 e. The van der Waals surface area contributed by atoms with Crippen LogP contribution in [-0.4, -0.2) is 64.5 Å². The predicted octanol–water partition coefficient (Wildman–Crippen LogP) is 3.64. The summed E-state index contributed by atoms with van der Waals surface area (Å²) in [6, 6.07) is 4.40. The van der Waals surface area contributed by atoms with E-state index in [1.807, 2.05) is 0 Å². The zero-order valence-electron chi connectivity index (χ0n) is 20.4. The van der Waals surface area contributed by atoms with Crippen LogP contribution in [0.3, 0.4) is 0 Å². The zero-order chi connectivity index (χ0) is 26.5. The molecule has 2 fully saturated rings. The van der Waals surface area contributed by atoms with Crippen molar-refractivity contribution in [1.82, 2.24) is 0 Å². The maximum absolute atomic E-state index is 12.8. The van der Waals surface area contributed by atoms with E-state index in [-0.39, 0.29) is 49.0 Å². The average molecular weight is 517 g/mol. The second-order valence-electron chi connectivity index (χ2n) is 9.78. The van der Waals surface area contributed by atoms with Crippen molar-refractivity contribution in [3.63, 3.8) is 0 Å². The van der Waals surface area contributed by atoms with Crippen LogP contribution in [0, 0.1) is 11.8 Å². The molecule has 202 valence electrons. The number of esters is 1. The van der Waals surface area contributed by atoms with Crippen molar-refractivity contribution in [2.24, 2.45) is 11.8 Å². The zero-order valence-corrected chi connectivity index (χ0v) is 20.4. The molecule has 1 heterocycles. The summed E-state index contributed by atoms with van der Waals surface area (Å²) in [5, 5.41) is 31.1. The molecule has 3 rings (SSSR count). The lowest BCUT2D eigenvalue weighted by Crippen LogP contribution is -2.23. The molecule has 1 aliphatic heterocycles. The Balaban J connectivity index is 1.45. The van der Waals surface area contributed by atoms with Crippen molar-refractivity contribution in [3.05, 3.63) is 42.0 Å². The summed E-state index contributed by atoms with van der Waals surface area (Å²) in [5.74, 6) is -0.930. The van der Waals surface area contributed by atoms with Gasteiger partial charge in [0.15, 0.2) is 0 Å². The van der Waals surface area contributed by atoms with Gasteiger partial charge in [-0.1, -0.05) is 18.2 Å². The monoisotopic (exact) mass is 516 g/mol. The molecule has 1 saturated heterocycles. The second-order valence-corrected chi connectivity index (χ2v) is 9.78. The average Bonchev–Trinajstić information content (AvgIpc) is 3.47. The summed E-state index contributed by atoms with van der Waals surface area (Å²) in [5.41, 5.74) is -0.841. The van der Waals surface area contributed by atoms with E-state index in [1.54, 1.807) is 19.9 Å². The van der Waals surface area contributed by atoms with Gasteiger partial charge in [0.1, 0.15) is 18.5 Å². The third kappa shape index (κ3) is 8.47. The normalized spacial score (nSPS) is 29.0. The van der Waals surface area contributed by atoms with Crippen molar-refractivity contribution in [1.29, 1.82) is 0 Å². The van der Waals surface area contributed by atoms with Gasteiger partial charge in [0, 0.05) is 18.8 Å². The van der Waals surface area contributed by atoms with Gasteiger partial charge >= 0.3 is 12.1 Å². The number of alkyl halides is 3. The van der Waals surface area contributed by atoms with Crippen molar-refractivity contribution in [2.75, 3.05) is 6.61 Å². The first-order valence-corrected chi connectivity index (χ1v) is 12.3. The highest BCUT2D eigenvalue weighted by Gasteiger charge is 2.47. The standard InChI is InChI=1S/C26H35F3O7/c1-15(2)35-25(33)8-4-7-23-24(36-23)12-20-19(21(31)13-22(20)32)10-9-17(30)14-34-18-6-3-5-16(11-18)26(27,28)29/h3,5-6,9-11,15,17,19-24,30-32H,4,7-8,12-14H2,1-2H3/b10-9+/t17-,19+,20+,21+,22-,23?,24?/m0/s1. The molecular formula is C26H35F3O7. The lowest BCUT2D eigenvalue weighted by Gasteiger charge is -2.20. The molecule has 0 bridgehead atoms. The predicted molar refractivity (Wildman–Crippen MR) is 124 cm³/mol. The molecule has 10 heteroatoms. The Bertz CT molecular complexity index is 889. The van der Waals surface area contributed by atoms with E-state index < -0.39 is 36.0 Å². The number of aliphatic hydroxyl groups excluding tert-OH is 3. The van der Waals surface area contributed by atoms with E-state index in [2.05, 4.69) is 0 Å².